The maximum absolute atomic E-state index is 11.5. The van der Waals surface area contributed by atoms with Crippen molar-refractivity contribution >= 4 is 46.1 Å². The summed E-state index contributed by atoms with van der Waals surface area (Å²) >= 11 is 13.4. The number of benzene rings is 1. The summed E-state index contributed by atoms with van der Waals surface area (Å²) in [5.41, 5.74) is 2.52. The van der Waals surface area contributed by atoms with Gasteiger partial charge in [-0.3, -0.25) is 4.79 Å². The highest BCUT2D eigenvalue weighted by Crippen LogP contribution is 2.36. The van der Waals surface area contributed by atoms with Crippen molar-refractivity contribution in [1.29, 1.82) is 0 Å². The molecule has 0 fully saturated rings. The highest BCUT2D eigenvalue weighted by atomic mass is 35.5. The molecule has 0 aliphatic rings. The van der Waals surface area contributed by atoms with Crippen LogP contribution in [-0.4, -0.2) is 13.0 Å². The molecular formula is C14H14Cl2N2OS. The molecule has 0 radical (unpaired) electrons. The van der Waals surface area contributed by atoms with Crippen LogP contribution in [0.15, 0.2) is 30.3 Å². The highest BCUT2D eigenvalue weighted by molar-refractivity contribution is 7.20. The Labute approximate surface area is 131 Å². The third-order valence-electron chi connectivity index (χ3n) is 2.91. The number of halogens is 2. The molecule has 0 aliphatic carbocycles. The Morgan fingerprint density at radius 1 is 1.25 bits per heavy atom. The van der Waals surface area contributed by atoms with E-state index >= 15 is 0 Å². The number of amides is 1. The topological polar surface area (TPSA) is 41.1 Å². The van der Waals surface area contributed by atoms with Crippen LogP contribution in [0, 0.1) is 0 Å². The molecule has 1 heterocycles. The molecule has 3 nitrogen and oxygen atoms in total. The van der Waals surface area contributed by atoms with Gasteiger partial charge in [-0.2, -0.15) is 0 Å². The summed E-state index contributed by atoms with van der Waals surface area (Å²) in [6, 6.07) is 9.18. The number of hydrogen-bond donors (Lipinski definition) is 2. The van der Waals surface area contributed by atoms with Gasteiger partial charge in [-0.15, -0.1) is 11.3 Å². The van der Waals surface area contributed by atoms with E-state index in [0.717, 1.165) is 11.3 Å². The van der Waals surface area contributed by atoms with Crippen LogP contribution >= 0.6 is 34.5 Å². The van der Waals surface area contributed by atoms with Crippen LogP contribution in [0.25, 0.3) is 0 Å². The fourth-order valence-corrected chi connectivity index (χ4v) is 3.48. The third kappa shape index (κ3) is 3.45. The third-order valence-corrected chi connectivity index (χ3v) is 4.42. The quantitative estimate of drug-likeness (QED) is 0.861. The second kappa shape index (κ2) is 6.48. The lowest BCUT2D eigenvalue weighted by molar-refractivity contribution is 0.0963. The first-order chi connectivity index (χ1) is 9.51. The normalized spacial score (nSPS) is 12.0. The van der Waals surface area contributed by atoms with Gasteiger partial charge in [0.05, 0.1) is 14.7 Å². The number of nitrogens with one attached hydrogen (secondary N) is 2. The Morgan fingerprint density at radius 2 is 1.90 bits per heavy atom. The minimum Gasteiger partial charge on any atom is -0.378 e. The van der Waals surface area contributed by atoms with E-state index in [2.05, 4.69) is 10.6 Å². The summed E-state index contributed by atoms with van der Waals surface area (Å²) in [5.74, 6) is -0.0998. The zero-order valence-corrected chi connectivity index (χ0v) is 13.4. The van der Waals surface area contributed by atoms with E-state index in [9.17, 15) is 4.79 Å². The maximum Gasteiger partial charge on any atom is 0.251 e. The Bertz CT molecular complexity index is 610. The largest absolute Gasteiger partial charge is 0.378 e. The summed E-state index contributed by atoms with van der Waals surface area (Å²) in [6.07, 6.45) is 0. The first-order valence-corrected chi connectivity index (χ1v) is 7.62. The van der Waals surface area contributed by atoms with Gasteiger partial charge in [-0.25, -0.2) is 0 Å². The van der Waals surface area contributed by atoms with Crippen molar-refractivity contribution in [3.8, 4) is 0 Å². The average Bonchev–Trinajstić information content (AvgIpc) is 2.78. The molecule has 0 aliphatic heterocycles. The van der Waals surface area contributed by atoms with Gasteiger partial charge in [-0.1, -0.05) is 23.2 Å². The molecule has 0 spiro atoms. The molecule has 106 valence electrons. The van der Waals surface area contributed by atoms with Gasteiger partial charge in [0.1, 0.15) is 0 Å². The number of carbonyl (C=O) groups is 1. The predicted octanol–water partition coefficient (Wildman–Crippen LogP) is 4.59. The summed E-state index contributed by atoms with van der Waals surface area (Å²) in [6.45, 7) is 2.01. The number of hydrogen-bond acceptors (Lipinski definition) is 3. The van der Waals surface area contributed by atoms with E-state index in [1.165, 1.54) is 11.3 Å². The van der Waals surface area contributed by atoms with Crippen LogP contribution < -0.4 is 10.6 Å². The molecule has 2 rings (SSSR count). The minimum absolute atomic E-state index is 0.0390. The minimum atomic E-state index is -0.0998. The second-order valence-electron chi connectivity index (χ2n) is 4.30. The number of rotatable bonds is 4. The van der Waals surface area contributed by atoms with Crippen LogP contribution in [0.4, 0.5) is 5.69 Å². The van der Waals surface area contributed by atoms with Crippen molar-refractivity contribution < 1.29 is 4.79 Å². The molecule has 0 bridgehead atoms. The van der Waals surface area contributed by atoms with Crippen LogP contribution in [0.2, 0.25) is 8.67 Å². The van der Waals surface area contributed by atoms with Crippen molar-refractivity contribution in [2.45, 2.75) is 13.0 Å². The standard InChI is InChI=1S/C14H14Cl2N2OS/c1-8(11-7-12(15)20-13(11)16)18-10-5-3-9(4-6-10)14(19)17-2/h3-8,18H,1-2H3,(H,17,19). The van der Waals surface area contributed by atoms with Gasteiger partial charge in [0, 0.05) is 23.9 Å². The van der Waals surface area contributed by atoms with Crippen molar-refractivity contribution in [2.24, 2.45) is 0 Å². The summed E-state index contributed by atoms with van der Waals surface area (Å²) in [4.78, 5) is 11.5. The lowest BCUT2D eigenvalue weighted by atomic mass is 10.1. The molecule has 1 aromatic carbocycles. The summed E-state index contributed by atoms with van der Waals surface area (Å²) in [7, 11) is 1.61. The van der Waals surface area contributed by atoms with Gasteiger partial charge in [-0.05, 0) is 37.3 Å². The fraction of sp³-hybridized carbons (Fsp3) is 0.214. The van der Waals surface area contributed by atoms with E-state index in [0.29, 0.717) is 14.2 Å². The van der Waals surface area contributed by atoms with Crippen LogP contribution in [-0.2, 0) is 0 Å². The van der Waals surface area contributed by atoms with Crippen molar-refractivity contribution in [3.63, 3.8) is 0 Å². The SMILES string of the molecule is CNC(=O)c1ccc(NC(C)c2cc(Cl)sc2Cl)cc1. The van der Waals surface area contributed by atoms with E-state index in [1.54, 1.807) is 19.2 Å². The monoisotopic (exact) mass is 328 g/mol. The molecule has 2 aromatic rings. The predicted molar refractivity (Wildman–Crippen MR) is 86.2 cm³/mol. The smallest absolute Gasteiger partial charge is 0.251 e. The first-order valence-electron chi connectivity index (χ1n) is 6.04. The second-order valence-corrected chi connectivity index (χ2v) is 6.59. The van der Waals surface area contributed by atoms with E-state index in [-0.39, 0.29) is 11.9 Å². The van der Waals surface area contributed by atoms with Crippen molar-refractivity contribution in [3.05, 3.63) is 50.1 Å². The van der Waals surface area contributed by atoms with Crippen LogP contribution in [0.3, 0.4) is 0 Å². The first kappa shape index (κ1) is 15.2. The van der Waals surface area contributed by atoms with Gasteiger partial charge in [0.25, 0.3) is 5.91 Å². The Morgan fingerprint density at radius 3 is 2.40 bits per heavy atom. The van der Waals surface area contributed by atoms with Crippen LogP contribution in [0.1, 0.15) is 28.9 Å². The van der Waals surface area contributed by atoms with Crippen molar-refractivity contribution in [1.82, 2.24) is 5.32 Å². The molecule has 6 heteroatoms. The number of anilines is 1. The maximum atomic E-state index is 11.5. The van der Waals surface area contributed by atoms with Crippen LogP contribution in [0.5, 0.6) is 0 Å². The summed E-state index contributed by atoms with van der Waals surface area (Å²) in [5, 5.41) is 5.92. The number of carbonyl (C=O) groups excluding carboxylic acids is 1. The molecule has 20 heavy (non-hydrogen) atoms. The Balaban J connectivity index is 2.10. The molecule has 1 amide bonds. The summed E-state index contributed by atoms with van der Waals surface area (Å²) < 4.78 is 1.37. The van der Waals surface area contributed by atoms with Crippen molar-refractivity contribution in [2.75, 3.05) is 12.4 Å². The van der Waals surface area contributed by atoms with E-state index in [1.807, 2.05) is 25.1 Å². The zero-order chi connectivity index (χ0) is 14.7. The molecule has 1 atom stereocenters. The highest BCUT2D eigenvalue weighted by Gasteiger charge is 2.13. The lowest BCUT2D eigenvalue weighted by Crippen LogP contribution is -2.17. The van der Waals surface area contributed by atoms with Gasteiger partial charge in [0.15, 0.2) is 0 Å². The van der Waals surface area contributed by atoms with Gasteiger partial charge >= 0.3 is 0 Å². The zero-order valence-electron chi connectivity index (χ0n) is 11.0. The molecule has 1 unspecified atom stereocenters. The molecule has 1 aromatic heterocycles. The molecule has 2 N–H and O–H groups in total. The van der Waals surface area contributed by atoms with E-state index < -0.39 is 0 Å². The molecule has 0 saturated carbocycles. The van der Waals surface area contributed by atoms with E-state index in [4.69, 9.17) is 23.2 Å². The molecule has 0 saturated heterocycles. The molecular weight excluding hydrogens is 315 g/mol. The van der Waals surface area contributed by atoms with Gasteiger partial charge in [0.2, 0.25) is 0 Å². The lowest BCUT2D eigenvalue weighted by Gasteiger charge is -2.15. The average molecular weight is 329 g/mol. The fourth-order valence-electron chi connectivity index (χ4n) is 1.84. The van der Waals surface area contributed by atoms with Gasteiger partial charge < -0.3 is 10.6 Å². The Kier molecular flexibility index (Phi) is 4.91. The Hall–Kier alpha value is -1.23. The number of thiophene rings is 1.